The smallest absolute Gasteiger partial charge is 0.410 e. The molecule has 8 nitrogen and oxygen atoms in total. The van der Waals surface area contributed by atoms with Crippen molar-refractivity contribution in [3.8, 4) is 0 Å². The molecule has 2 heterocycles. The van der Waals surface area contributed by atoms with Crippen LogP contribution in [0.5, 0.6) is 0 Å². The van der Waals surface area contributed by atoms with Gasteiger partial charge >= 0.3 is 12.1 Å². The Morgan fingerprint density at radius 3 is 2.60 bits per heavy atom. The minimum absolute atomic E-state index is 0.000466. The Balaban J connectivity index is 2.21. The van der Waals surface area contributed by atoms with E-state index in [2.05, 4.69) is 9.97 Å². The van der Waals surface area contributed by atoms with E-state index in [4.69, 9.17) is 16.3 Å². The fourth-order valence-electron chi connectivity index (χ4n) is 2.38. The van der Waals surface area contributed by atoms with Crippen LogP contribution >= 0.6 is 23.4 Å². The van der Waals surface area contributed by atoms with Gasteiger partial charge in [-0.1, -0.05) is 23.4 Å². The standard InChI is InChI=1S/C15H21ClN4O4S/c1-15(2,3)24-14(23)19-5-6-20(9(8-19)12(21)22)11-7-10(16)17-13(18-11)25-4/h7,9H,5-6,8H2,1-4H3,(H,21,22). The summed E-state index contributed by atoms with van der Waals surface area (Å²) in [5.74, 6) is -0.616. The third-order valence-electron chi connectivity index (χ3n) is 3.45. The summed E-state index contributed by atoms with van der Waals surface area (Å²) in [5.41, 5.74) is -0.639. The molecular formula is C15H21ClN4O4S. The van der Waals surface area contributed by atoms with Gasteiger partial charge < -0.3 is 19.6 Å². The number of hydrogen-bond acceptors (Lipinski definition) is 7. The third kappa shape index (κ3) is 5.12. The lowest BCUT2D eigenvalue weighted by Crippen LogP contribution is -2.58. The van der Waals surface area contributed by atoms with Gasteiger partial charge in [0.25, 0.3) is 0 Å². The van der Waals surface area contributed by atoms with Gasteiger partial charge in [0.1, 0.15) is 22.6 Å². The number of aromatic nitrogens is 2. The van der Waals surface area contributed by atoms with Crippen LogP contribution in [0.25, 0.3) is 0 Å². The van der Waals surface area contributed by atoms with Crippen molar-refractivity contribution in [2.24, 2.45) is 0 Å². The number of amides is 1. The summed E-state index contributed by atoms with van der Waals surface area (Å²) in [6, 6.07) is 0.585. The molecule has 1 saturated heterocycles. The van der Waals surface area contributed by atoms with Crippen molar-refractivity contribution in [2.75, 3.05) is 30.8 Å². The van der Waals surface area contributed by atoms with Gasteiger partial charge in [0, 0.05) is 19.2 Å². The number of thioether (sulfide) groups is 1. The topological polar surface area (TPSA) is 95.9 Å². The van der Waals surface area contributed by atoms with Gasteiger partial charge in [0.05, 0.1) is 6.54 Å². The number of piperazine rings is 1. The zero-order valence-electron chi connectivity index (χ0n) is 14.5. The number of halogens is 1. The largest absolute Gasteiger partial charge is 0.480 e. The molecule has 0 saturated carbocycles. The zero-order valence-corrected chi connectivity index (χ0v) is 16.1. The molecule has 1 aromatic heterocycles. The lowest BCUT2D eigenvalue weighted by molar-refractivity contribution is -0.139. The number of hydrogen-bond donors (Lipinski definition) is 1. The first kappa shape index (κ1) is 19.6. The molecule has 0 bridgehead atoms. The number of anilines is 1. The van der Waals surface area contributed by atoms with Gasteiger partial charge in [-0.05, 0) is 27.0 Å². The van der Waals surface area contributed by atoms with Crippen molar-refractivity contribution in [1.29, 1.82) is 0 Å². The fourth-order valence-corrected chi connectivity index (χ4v) is 2.99. The SMILES string of the molecule is CSc1nc(Cl)cc(N2CCN(C(=O)OC(C)(C)C)CC2C(=O)O)n1. The van der Waals surface area contributed by atoms with E-state index >= 15 is 0 Å². The fraction of sp³-hybridized carbons (Fsp3) is 0.600. The number of ether oxygens (including phenoxy) is 1. The lowest BCUT2D eigenvalue weighted by Gasteiger charge is -2.40. The van der Waals surface area contributed by atoms with Crippen LogP contribution < -0.4 is 4.90 Å². The molecule has 2 rings (SSSR count). The van der Waals surface area contributed by atoms with Crippen LogP contribution in [0, 0.1) is 0 Å². The van der Waals surface area contributed by atoms with Gasteiger partial charge in [0.15, 0.2) is 5.16 Å². The number of rotatable bonds is 3. The minimum atomic E-state index is -1.05. The first-order valence-corrected chi connectivity index (χ1v) is 9.27. The quantitative estimate of drug-likeness (QED) is 0.479. The number of carbonyl (C=O) groups excluding carboxylic acids is 1. The Bertz CT molecular complexity index is 667. The molecule has 0 aromatic carbocycles. The summed E-state index contributed by atoms with van der Waals surface area (Å²) >= 11 is 7.32. The summed E-state index contributed by atoms with van der Waals surface area (Å²) < 4.78 is 5.33. The normalized spacial score (nSPS) is 18.2. The van der Waals surface area contributed by atoms with Crippen LogP contribution in [-0.4, -0.2) is 69.6 Å². The Kier molecular flexibility index (Phi) is 5.99. The van der Waals surface area contributed by atoms with Crippen LogP contribution in [0.2, 0.25) is 5.15 Å². The number of carboxylic acids is 1. The van der Waals surface area contributed by atoms with Crippen LogP contribution in [0.1, 0.15) is 20.8 Å². The summed E-state index contributed by atoms with van der Waals surface area (Å²) in [6.07, 6.45) is 1.29. The van der Waals surface area contributed by atoms with Gasteiger partial charge in [-0.3, -0.25) is 0 Å². The van der Waals surface area contributed by atoms with E-state index < -0.39 is 23.7 Å². The van der Waals surface area contributed by atoms with Gasteiger partial charge in [0.2, 0.25) is 0 Å². The third-order valence-corrected chi connectivity index (χ3v) is 4.20. The maximum Gasteiger partial charge on any atom is 0.410 e. The molecule has 1 aromatic rings. The molecule has 0 aliphatic carbocycles. The Hall–Kier alpha value is -1.74. The summed E-state index contributed by atoms with van der Waals surface area (Å²) in [7, 11) is 0. The van der Waals surface area contributed by atoms with Crippen LogP contribution in [0.15, 0.2) is 11.2 Å². The molecule has 138 valence electrons. The molecule has 1 unspecified atom stereocenters. The van der Waals surface area contributed by atoms with Crippen molar-refractivity contribution in [3.63, 3.8) is 0 Å². The molecule has 1 fully saturated rings. The van der Waals surface area contributed by atoms with E-state index in [-0.39, 0.29) is 11.7 Å². The molecule has 1 amide bonds. The maximum absolute atomic E-state index is 12.2. The maximum atomic E-state index is 12.2. The molecule has 1 N–H and O–H groups in total. The van der Waals surface area contributed by atoms with Gasteiger partial charge in [-0.25, -0.2) is 19.6 Å². The van der Waals surface area contributed by atoms with E-state index in [1.807, 2.05) is 6.26 Å². The van der Waals surface area contributed by atoms with Crippen molar-refractivity contribution in [1.82, 2.24) is 14.9 Å². The van der Waals surface area contributed by atoms with Crippen molar-refractivity contribution in [3.05, 3.63) is 11.2 Å². The average molecular weight is 389 g/mol. The van der Waals surface area contributed by atoms with E-state index in [9.17, 15) is 14.7 Å². The highest BCUT2D eigenvalue weighted by molar-refractivity contribution is 7.98. The van der Waals surface area contributed by atoms with Gasteiger partial charge in [-0.15, -0.1) is 0 Å². The van der Waals surface area contributed by atoms with E-state index in [0.29, 0.717) is 24.1 Å². The molecule has 25 heavy (non-hydrogen) atoms. The Labute approximate surface area is 155 Å². The first-order valence-electron chi connectivity index (χ1n) is 7.66. The second kappa shape index (κ2) is 7.65. The number of nitrogens with zero attached hydrogens (tertiary/aromatic N) is 4. The molecule has 10 heteroatoms. The number of carboxylic acid groups (broad SMARTS) is 1. The zero-order chi connectivity index (χ0) is 18.8. The Morgan fingerprint density at radius 1 is 1.36 bits per heavy atom. The van der Waals surface area contributed by atoms with Gasteiger partial charge in [-0.2, -0.15) is 0 Å². The van der Waals surface area contributed by atoms with Crippen LogP contribution in [0.4, 0.5) is 10.6 Å². The predicted octanol–water partition coefficient (Wildman–Crippen LogP) is 2.36. The summed E-state index contributed by atoms with van der Waals surface area (Å²) in [4.78, 5) is 35.4. The first-order chi connectivity index (χ1) is 11.6. The van der Waals surface area contributed by atoms with E-state index in [1.54, 1.807) is 25.7 Å². The molecule has 1 aliphatic heterocycles. The van der Waals surface area contributed by atoms with Crippen molar-refractivity contribution in [2.45, 2.75) is 37.6 Å². The highest BCUT2D eigenvalue weighted by Gasteiger charge is 2.36. The molecule has 1 aliphatic rings. The van der Waals surface area contributed by atoms with Crippen LogP contribution in [-0.2, 0) is 9.53 Å². The highest BCUT2D eigenvalue weighted by atomic mass is 35.5. The second-order valence-corrected chi connectivity index (χ2v) is 7.67. The van der Waals surface area contributed by atoms with Crippen molar-refractivity contribution >= 4 is 41.2 Å². The van der Waals surface area contributed by atoms with E-state index in [1.165, 1.54) is 22.7 Å². The number of carbonyl (C=O) groups is 2. The molecule has 0 spiro atoms. The molecular weight excluding hydrogens is 368 g/mol. The summed E-state index contributed by atoms with van der Waals surface area (Å²) in [6.45, 7) is 5.93. The number of aliphatic carboxylic acids is 1. The average Bonchev–Trinajstić information content (AvgIpc) is 2.51. The van der Waals surface area contributed by atoms with E-state index in [0.717, 1.165) is 0 Å². The predicted molar refractivity (Wildman–Crippen MR) is 95.4 cm³/mol. The minimum Gasteiger partial charge on any atom is -0.480 e. The second-order valence-electron chi connectivity index (χ2n) is 6.51. The van der Waals surface area contributed by atoms with Crippen molar-refractivity contribution < 1.29 is 19.4 Å². The highest BCUT2D eigenvalue weighted by Crippen LogP contribution is 2.25. The van der Waals surface area contributed by atoms with Crippen LogP contribution in [0.3, 0.4) is 0 Å². The summed E-state index contributed by atoms with van der Waals surface area (Å²) in [5, 5.41) is 10.3. The Morgan fingerprint density at radius 2 is 2.04 bits per heavy atom. The lowest BCUT2D eigenvalue weighted by atomic mass is 10.1. The molecule has 0 radical (unpaired) electrons. The molecule has 1 atom stereocenters. The monoisotopic (exact) mass is 388 g/mol.